The molecule has 0 heterocycles. The molecule has 3 nitrogen and oxygen atoms in total. The molecule has 2 aromatic carbocycles. The Balaban J connectivity index is 2.07. The number of carbonyl (C=O) groups is 1. The van der Waals surface area contributed by atoms with Crippen molar-refractivity contribution in [3.8, 4) is 5.75 Å². The van der Waals surface area contributed by atoms with E-state index in [9.17, 15) is 4.79 Å². The summed E-state index contributed by atoms with van der Waals surface area (Å²) in [5, 5.41) is 2.90. The number of ether oxygens (including phenoxy) is 1. The molecule has 0 radical (unpaired) electrons. The van der Waals surface area contributed by atoms with Crippen LogP contribution in [0, 0.1) is 13.8 Å². The maximum absolute atomic E-state index is 12.4. The summed E-state index contributed by atoms with van der Waals surface area (Å²) in [7, 11) is 0. The summed E-state index contributed by atoms with van der Waals surface area (Å²) in [4.78, 5) is 12.4. The number of amides is 1. The van der Waals surface area contributed by atoms with Gasteiger partial charge in [0, 0.05) is 4.47 Å². The Morgan fingerprint density at radius 2 is 1.96 bits per heavy atom. The van der Waals surface area contributed by atoms with Gasteiger partial charge in [-0.05, 0) is 78.0 Å². The third-order valence-electron chi connectivity index (χ3n) is 3.72. The molecule has 0 aromatic heterocycles. The van der Waals surface area contributed by atoms with E-state index < -0.39 is 6.10 Å². The molecular formula is C19H22BrNO2. The van der Waals surface area contributed by atoms with Gasteiger partial charge in [0.1, 0.15) is 5.75 Å². The fourth-order valence-corrected chi connectivity index (χ4v) is 2.72. The molecule has 2 aromatic rings. The first kappa shape index (κ1) is 17.5. The van der Waals surface area contributed by atoms with Crippen molar-refractivity contribution < 1.29 is 9.53 Å². The van der Waals surface area contributed by atoms with Crippen LogP contribution in [0.5, 0.6) is 5.75 Å². The lowest BCUT2D eigenvalue weighted by Crippen LogP contribution is -2.30. The Morgan fingerprint density at radius 1 is 1.22 bits per heavy atom. The molecule has 23 heavy (non-hydrogen) atoms. The molecule has 1 N–H and O–H groups in total. The van der Waals surface area contributed by atoms with Crippen LogP contribution in [0.15, 0.2) is 40.9 Å². The topological polar surface area (TPSA) is 38.3 Å². The number of anilines is 1. The minimum atomic E-state index is -0.576. The van der Waals surface area contributed by atoms with E-state index in [4.69, 9.17) is 4.74 Å². The molecule has 0 bridgehead atoms. The number of benzene rings is 2. The van der Waals surface area contributed by atoms with Gasteiger partial charge in [-0.3, -0.25) is 4.79 Å². The standard InChI is InChI=1S/C19H22BrNO2/c1-5-15-8-9-17(16(20)11-15)21-19(22)14(4)23-18-10-12(2)6-7-13(18)3/h6-11,14H,5H2,1-4H3,(H,21,22). The number of aryl methyl sites for hydroxylation is 3. The highest BCUT2D eigenvalue weighted by Crippen LogP contribution is 2.25. The highest BCUT2D eigenvalue weighted by Gasteiger charge is 2.17. The van der Waals surface area contributed by atoms with Gasteiger partial charge < -0.3 is 10.1 Å². The second-order valence-corrected chi connectivity index (χ2v) is 6.54. The van der Waals surface area contributed by atoms with Crippen LogP contribution < -0.4 is 10.1 Å². The van der Waals surface area contributed by atoms with Crippen LogP contribution in [-0.2, 0) is 11.2 Å². The van der Waals surface area contributed by atoms with Crippen molar-refractivity contribution in [1.82, 2.24) is 0 Å². The van der Waals surface area contributed by atoms with Crippen molar-refractivity contribution >= 4 is 27.5 Å². The normalized spacial score (nSPS) is 11.9. The molecule has 0 saturated heterocycles. The Morgan fingerprint density at radius 3 is 2.61 bits per heavy atom. The lowest BCUT2D eigenvalue weighted by atomic mass is 10.1. The second-order valence-electron chi connectivity index (χ2n) is 5.69. The number of nitrogens with one attached hydrogen (secondary N) is 1. The smallest absolute Gasteiger partial charge is 0.265 e. The van der Waals surface area contributed by atoms with Crippen LogP contribution in [0.2, 0.25) is 0 Å². The van der Waals surface area contributed by atoms with E-state index in [0.29, 0.717) is 0 Å². The molecule has 1 unspecified atom stereocenters. The van der Waals surface area contributed by atoms with Gasteiger partial charge in [-0.15, -0.1) is 0 Å². The highest BCUT2D eigenvalue weighted by atomic mass is 79.9. The van der Waals surface area contributed by atoms with Crippen LogP contribution in [0.4, 0.5) is 5.69 Å². The average Bonchev–Trinajstić information content (AvgIpc) is 2.52. The van der Waals surface area contributed by atoms with Gasteiger partial charge in [-0.2, -0.15) is 0 Å². The molecule has 4 heteroatoms. The number of halogens is 1. The summed E-state index contributed by atoms with van der Waals surface area (Å²) in [6, 6.07) is 11.9. The van der Waals surface area contributed by atoms with Crippen molar-refractivity contribution in [2.75, 3.05) is 5.32 Å². The largest absolute Gasteiger partial charge is 0.481 e. The average molecular weight is 376 g/mol. The Hall–Kier alpha value is -1.81. The molecule has 0 aliphatic carbocycles. The molecule has 122 valence electrons. The maximum atomic E-state index is 12.4. The quantitative estimate of drug-likeness (QED) is 0.795. The monoisotopic (exact) mass is 375 g/mol. The van der Waals surface area contributed by atoms with Crippen molar-refractivity contribution in [3.05, 3.63) is 57.6 Å². The fourth-order valence-electron chi connectivity index (χ4n) is 2.19. The van der Waals surface area contributed by atoms with Crippen LogP contribution in [-0.4, -0.2) is 12.0 Å². The molecule has 1 amide bonds. The van der Waals surface area contributed by atoms with Gasteiger partial charge in [0.15, 0.2) is 6.10 Å². The zero-order valence-electron chi connectivity index (χ0n) is 13.9. The number of carbonyl (C=O) groups excluding carboxylic acids is 1. The highest BCUT2D eigenvalue weighted by molar-refractivity contribution is 9.10. The van der Waals surface area contributed by atoms with Crippen LogP contribution in [0.25, 0.3) is 0 Å². The van der Waals surface area contributed by atoms with Crippen molar-refractivity contribution in [2.24, 2.45) is 0 Å². The van der Waals surface area contributed by atoms with Gasteiger partial charge >= 0.3 is 0 Å². The molecule has 0 aliphatic heterocycles. The van der Waals surface area contributed by atoms with E-state index in [1.807, 2.05) is 50.2 Å². The predicted molar refractivity (Wildman–Crippen MR) is 98.2 cm³/mol. The fraction of sp³-hybridized carbons (Fsp3) is 0.316. The molecule has 1 atom stereocenters. The van der Waals surface area contributed by atoms with Crippen molar-refractivity contribution in [1.29, 1.82) is 0 Å². The SMILES string of the molecule is CCc1ccc(NC(=O)C(C)Oc2cc(C)ccc2C)c(Br)c1. The van der Waals surface area contributed by atoms with Crippen LogP contribution in [0.1, 0.15) is 30.5 Å². The van der Waals surface area contributed by atoms with Crippen LogP contribution >= 0.6 is 15.9 Å². The van der Waals surface area contributed by atoms with E-state index in [1.165, 1.54) is 5.56 Å². The minimum absolute atomic E-state index is 0.171. The van der Waals surface area contributed by atoms with Gasteiger partial charge in [0.25, 0.3) is 5.91 Å². The number of hydrogen-bond acceptors (Lipinski definition) is 2. The van der Waals surface area contributed by atoms with E-state index in [0.717, 1.165) is 33.5 Å². The lowest BCUT2D eigenvalue weighted by molar-refractivity contribution is -0.122. The van der Waals surface area contributed by atoms with Crippen molar-refractivity contribution in [3.63, 3.8) is 0 Å². The maximum Gasteiger partial charge on any atom is 0.265 e. The Kier molecular flexibility index (Phi) is 5.83. The molecule has 2 rings (SSSR count). The zero-order chi connectivity index (χ0) is 17.0. The Bertz CT molecular complexity index is 713. The zero-order valence-corrected chi connectivity index (χ0v) is 15.5. The summed E-state index contributed by atoms with van der Waals surface area (Å²) in [6.07, 6.45) is 0.382. The van der Waals surface area contributed by atoms with Crippen LogP contribution in [0.3, 0.4) is 0 Å². The summed E-state index contributed by atoms with van der Waals surface area (Å²) in [6.45, 7) is 7.83. The van der Waals surface area contributed by atoms with Gasteiger partial charge in [-0.25, -0.2) is 0 Å². The molecule has 0 aliphatic rings. The first-order valence-corrected chi connectivity index (χ1v) is 8.53. The van der Waals surface area contributed by atoms with Gasteiger partial charge in [0.05, 0.1) is 5.69 Å². The summed E-state index contributed by atoms with van der Waals surface area (Å²) in [5.41, 5.74) is 4.10. The van der Waals surface area contributed by atoms with Gasteiger partial charge in [-0.1, -0.05) is 25.1 Å². The van der Waals surface area contributed by atoms with E-state index in [-0.39, 0.29) is 5.91 Å². The molecule has 0 saturated carbocycles. The van der Waals surface area contributed by atoms with E-state index >= 15 is 0 Å². The molecular weight excluding hydrogens is 354 g/mol. The number of rotatable bonds is 5. The lowest BCUT2D eigenvalue weighted by Gasteiger charge is -2.17. The third kappa shape index (κ3) is 4.58. The summed E-state index contributed by atoms with van der Waals surface area (Å²) in [5.74, 6) is 0.573. The van der Waals surface area contributed by atoms with E-state index in [2.05, 4.69) is 28.2 Å². The first-order chi connectivity index (χ1) is 10.9. The summed E-state index contributed by atoms with van der Waals surface area (Å²) >= 11 is 3.50. The second kappa shape index (κ2) is 7.64. The van der Waals surface area contributed by atoms with Gasteiger partial charge in [0.2, 0.25) is 0 Å². The summed E-state index contributed by atoms with van der Waals surface area (Å²) < 4.78 is 6.70. The van der Waals surface area contributed by atoms with Crippen molar-refractivity contribution in [2.45, 2.75) is 40.2 Å². The molecule has 0 spiro atoms. The first-order valence-electron chi connectivity index (χ1n) is 7.74. The molecule has 0 fully saturated rings. The Labute approximate surface area is 146 Å². The third-order valence-corrected chi connectivity index (χ3v) is 4.37. The minimum Gasteiger partial charge on any atom is -0.481 e. The van der Waals surface area contributed by atoms with E-state index in [1.54, 1.807) is 6.92 Å². The predicted octanol–water partition coefficient (Wildman–Crippen LogP) is 5.03. The number of hydrogen-bond donors (Lipinski definition) is 1.